The molecule has 8 heteroatoms. The summed E-state index contributed by atoms with van der Waals surface area (Å²) in [4.78, 5) is 25.2. The van der Waals surface area contributed by atoms with E-state index in [0.717, 1.165) is 31.4 Å². The highest BCUT2D eigenvalue weighted by Crippen LogP contribution is 2.23. The van der Waals surface area contributed by atoms with Gasteiger partial charge in [0.05, 0.1) is 12.7 Å². The molecule has 3 N–H and O–H groups in total. The number of carbonyl (C=O) groups excluding carboxylic acids is 2. The van der Waals surface area contributed by atoms with Gasteiger partial charge in [0.2, 0.25) is 0 Å². The van der Waals surface area contributed by atoms with Crippen molar-refractivity contribution < 1.29 is 27.7 Å². The van der Waals surface area contributed by atoms with Crippen LogP contribution in [0.1, 0.15) is 39.5 Å². The van der Waals surface area contributed by atoms with E-state index in [1.165, 1.54) is 6.42 Å². The molecule has 1 aliphatic carbocycles. The topological polar surface area (TPSA) is 62.6 Å². The van der Waals surface area contributed by atoms with Crippen LogP contribution in [0.5, 0.6) is 0 Å². The van der Waals surface area contributed by atoms with Crippen molar-refractivity contribution in [1.29, 1.82) is 0 Å². The Hall–Kier alpha value is -2.09. The number of anilines is 1. The van der Waals surface area contributed by atoms with Crippen molar-refractivity contribution in [2.24, 2.45) is 5.92 Å². The summed E-state index contributed by atoms with van der Waals surface area (Å²) in [7, 11) is 1.68. The summed E-state index contributed by atoms with van der Waals surface area (Å²) in [5, 5.41) is 5.27. The van der Waals surface area contributed by atoms with Gasteiger partial charge in [-0.15, -0.1) is 0 Å². The molecule has 1 aromatic rings. The molecule has 1 saturated carbocycles. The lowest BCUT2D eigenvalue weighted by Gasteiger charge is -2.31. The van der Waals surface area contributed by atoms with Gasteiger partial charge in [-0.1, -0.05) is 19.8 Å². The van der Waals surface area contributed by atoms with Crippen LogP contribution in [0.4, 0.5) is 18.9 Å². The molecule has 27 heavy (non-hydrogen) atoms. The van der Waals surface area contributed by atoms with E-state index < -0.39 is 35.1 Å². The molecular formula is C19H27F3N3O2+. The number of rotatable bonds is 6. The summed E-state index contributed by atoms with van der Waals surface area (Å²) in [6.07, 6.45) is 4.31. The first kappa shape index (κ1) is 21.2. The molecule has 1 aliphatic rings. The van der Waals surface area contributed by atoms with Crippen LogP contribution in [-0.4, -0.2) is 37.5 Å². The molecule has 0 heterocycles. The van der Waals surface area contributed by atoms with E-state index in [1.807, 2.05) is 0 Å². The highest BCUT2D eigenvalue weighted by atomic mass is 19.2. The number of carbonyl (C=O) groups is 2. The van der Waals surface area contributed by atoms with E-state index in [2.05, 4.69) is 17.6 Å². The fraction of sp³-hybridized carbons (Fsp3) is 0.579. The maximum Gasteiger partial charge on any atom is 0.279 e. The average molecular weight is 386 g/mol. The smallest absolute Gasteiger partial charge is 0.279 e. The molecule has 2 amide bonds. The maximum atomic E-state index is 13.6. The van der Waals surface area contributed by atoms with Gasteiger partial charge in [-0.2, -0.15) is 0 Å². The molecule has 5 nitrogen and oxygen atoms in total. The molecular weight excluding hydrogens is 359 g/mol. The number of hydrogen-bond donors (Lipinski definition) is 3. The first-order valence-corrected chi connectivity index (χ1v) is 9.26. The van der Waals surface area contributed by atoms with Crippen molar-refractivity contribution in [2.75, 3.05) is 18.9 Å². The third kappa shape index (κ3) is 5.45. The third-order valence-electron chi connectivity index (χ3n) is 5.32. The van der Waals surface area contributed by atoms with Gasteiger partial charge < -0.3 is 15.5 Å². The van der Waals surface area contributed by atoms with E-state index >= 15 is 0 Å². The largest absolute Gasteiger partial charge is 0.348 e. The molecule has 0 aromatic heterocycles. The van der Waals surface area contributed by atoms with E-state index in [9.17, 15) is 22.8 Å². The molecule has 0 aliphatic heterocycles. The summed E-state index contributed by atoms with van der Waals surface area (Å²) in [6, 6.07) is 1.36. The Morgan fingerprint density at radius 1 is 1.19 bits per heavy atom. The van der Waals surface area contributed by atoms with E-state index in [-0.39, 0.29) is 18.5 Å². The molecule has 0 bridgehead atoms. The van der Waals surface area contributed by atoms with Crippen LogP contribution in [0.2, 0.25) is 0 Å². The van der Waals surface area contributed by atoms with Crippen LogP contribution in [-0.2, 0) is 9.59 Å². The Kier molecular flexibility index (Phi) is 7.24. The van der Waals surface area contributed by atoms with Crippen LogP contribution in [0.3, 0.4) is 0 Å². The Balaban J connectivity index is 1.89. The molecule has 0 radical (unpaired) electrons. The first-order chi connectivity index (χ1) is 12.7. The van der Waals surface area contributed by atoms with Gasteiger partial charge >= 0.3 is 0 Å². The monoisotopic (exact) mass is 386 g/mol. The highest BCUT2D eigenvalue weighted by Gasteiger charge is 2.29. The summed E-state index contributed by atoms with van der Waals surface area (Å²) in [5.41, 5.74) is -0.431. The normalized spacial score (nSPS) is 22.0. The number of likely N-dealkylation sites (N-methyl/N-ethyl adjacent to an activating group) is 1. The second-order valence-corrected chi connectivity index (χ2v) is 7.39. The standard InChI is InChI=1S/C19H26F3N3O2/c1-11-6-4-5-7-14(11)24-19(27)12(2)25(3)10-16(26)23-15-9-8-13(20)17(21)18(15)22/h8-9,11-12,14H,4-7,10H2,1-3H3,(H,23,26)(H,24,27)/p+1/t11-,12-,14-/m1/s1. The molecule has 1 aromatic carbocycles. The Labute approximate surface area is 157 Å². The van der Waals surface area contributed by atoms with Crippen LogP contribution in [0.15, 0.2) is 12.1 Å². The number of amides is 2. The van der Waals surface area contributed by atoms with Gasteiger partial charge in [-0.3, -0.25) is 9.59 Å². The zero-order valence-corrected chi connectivity index (χ0v) is 15.9. The summed E-state index contributed by atoms with van der Waals surface area (Å²) in [6.45, 7) is 3.71. The van der Waals surface area contributed by atoms with Crippen molar-refractivity contribution in [3.8, 4) is 0 Å². The van der Waals surface area contributed by atoms with Crippen molar-refractivity contribution in [3.63, 3.8) is 0 Å². The van der Waals surface area contributed by atoms with Crippen LogP contribution in [0, 0.1) is 23.4 Å². The predicted molar refractivity (Wildman–Crippen MR) is 95.7 cm³/mol. The van der Waals surface area contributed by atoms with E-state index in [1.54, 1.807) is 14.0 Å². The van der Waals surface area contributed by atoms with E-state index in [0.29, 0.717) is 10.8 Å². The van der Waals surface area contributed by atoms with Crippen molar-refractivity contribution in [3.05, 3.63) is 29.6 Å². The first-order valence-electron chi connectivity index (χ1n) is 9.26. The lowest BCUT2D eigenvalue weighted by atomic mass is 9.86. The summed E-state index contributed by atoms with van der Waals surface area (Å²) in [5.74, 6) is -4.72. The fourth-order valence-corrected chi connectivity index (χ4v) is 3.29. The number of quaternary nitrogens is 1. The lowest BCUT2D eigenvalue weighted by Crippen LogP contribution is -3.15. The van der Waals surface area contributed by atoms with Crippen molar-refractivity contribution in [1.82, 2.24) is 5.32 Å². The number of hydrogen-bond acceptors (Lipinski definition) is 2. The third-order valence-corrected chi connectivity index (χ3v) is 5.32. The second kappa shape index (κ2) is 9.21. The van der Waals surface area contributed by atoms with Gasteiger partial charge in [0, 0.05) is 6.04 Å². The van der Waals surface area contributed by atoms with Crippen LogP contribution >= 0.6 is 0 Å². The summed E-state index contributed by atoms with van der Waals surface area (Å²) < 4.78 is 39.8. The number of nitrogens with one attached hydrogen (secondary N) is 3. The Morgan fingerprint density at radius 2 is 1.85 bits per heavy atom. The SMILES string of the molecule is C[C@@H]1CCCC[C@H]1NC(=O)[C@@H](C)[NH+](C)CC(=O)Nc1ccc(F)c(F)c1F. The molecule has 150 valence electrons. The minimum Gasteiger partial charge on any atom is -0.348 e. The average Bonchev–Trinajstić information content (AvgIpc) is 2.63. The molecule has 0 saturated heterocycles. The fourth-order valence-electron chi connectivity index (χ4n) is 3.29. The highest BCUT2D eigenvalue weighted by molar-refractivity contribution is 5.91. The van der Waals surface area contributed by atoms with Crippen molar-refractivity contribution in [2.45, 2.75) is 51.6 Å². The minimum absolute atomic E-state index is 0.118. The van der Waals surface area contributed by atoms with Gasteiger partial charge in [0.1, 0.15) is 0 Å². The molecule has 1 fully saturated rings. The second-order valence-electron chi connectivity index (χ2n) is 7.39. The summed E-state index contributed by atoms with van der Waals surface area (Å²) >= 11 is 0. The predicted octanol–water partition coefficient (Wildman–Crippen LogP) is 1.64. The maximum absolute atomic E-state index is 13.6. The van der Waals surface area contributed by atoms with Crippen LogP contribution in [0.25, 0.3) is 0 Å². The van der Waals surface area contributed by atoms with Gasteiger partial charge in [0.25, 0.3) is 11.8 Å². The number of benzene rings is 1. The van der Waals surface area contributed by atoms with Crippen LogP contribution < -0.4 is 15.5 Å². The molecule has 2 rings (SSSR count). The van der Waals surface area contributed by atoms with Gasteiger partial charge in [-0.25, -0.2) is 13.2 Å². The number of halogens is 3. The van der Waals surface area contributed by atoms with Crippen molar-refractivity contribution >= 4 is 17.5 Å². The lowest BCUT2D eigenvalue weighted by molar-refractivity contribution is -0.885. The molecule has 1 unspecified atom stereocenters. The zero-order valence-electron chi connectivity index (χ0n) is 15.9. The Bertz CT molecular complexity index is 699. The quantitative estimate of drug-likeness (QED) is 0.651. The molecule has 4 atom stereocenters. The zero-order chi connectivity index (χ0) is 20.1. The Morgan fingerprint density at radius 3 is 2.52 bits per heavy atom. The minimum atomic E-state index is -1.64. The molecule has 0 spiro atoms. The van der Waals surface area contributed by atoms with E-state index in [4.69, 9.17) is 0 Å². The van der Waals surface area contributed by atoms with Gasteiger partial charge in [0.15, 0.2) is 30.0 Å². The van der Waals surface area contributed by atoms with Gasteiger partial charge in [-0.05, 0) is 37.8 Å².